The summed E-state index contributed by atoms with van der Waals surface area (Å²) in [5, 5.41) is 3.41. The van der Waals surface area contributed by atoms with E-state index in [0.717, 1.165) is 6.42 Å². The van der Waals surface area contributed by atoms with E-state index in [1.807, 2.05) is 7.05 Å². The van der Waals surface area contributed by atoms with Gasteiger partial charge in [-0.2, -0.15) is 0 Å². The molecule has 0 spiro atoms. The van der Waals surface area contributed by atoms with E-state index in [9.17, 15) is 0 Å². The molecule has 2 nitrogen and oxygen atoms in total. The van der Waals surface area contributed by atoms with E-state index in [4.69, 9.17) is 0 Å². The van der Waals surface area contributed by atoms with Crippen LogP contribution in [-0.4, -0.2) is 27.2 Å². The molecule has 2 heteroatoms. The van der Waals surface area contributed by atoms with Crippen LogP contribution in [0.3, 0.4) is 0 Å². The Balaban J connectivity index is 2.23. The zero-order chi connectivity index (χ0) is 16.1. The van der Waals surface area contributed by atoms with Crippen LogP contribution in [0.5, 0.6) is 0 Å². The van der Waals surface area contributed by atoms with Gasteiger partial charge >= 0.3 is 0 Å². The van der Waals surface area contributed by atoms with Crippen LogP contribution in [0.2, 0.25) is 0 Å². The highest BCUT2D eigenvalue weighted by atomic mass is 15.1. The van der Waals surface area contributed by atoms with Gasteiger partial charge < -0.3 is 10.2 Å². The second-order valence-corrected chi connectivity index (χ2v) is 6.45. The number of likely N-dealkylation sites (N-methyl/N-ethyl adjacent to an activating group) is 1. The third-order valence-corrected chi connectivity index (χ3v) is 4.28. The Labute approximate surface area is 135 Å². The van der Waals surface area contributed by atoms with Crippen LogP contribution < -0.4 is 10.2 Å². The van der Waals surface area contributed by atoms with Gasteiger partial charge in [0.1, 0.15) is 0 Å². The van der Waals surface area contributed by atoms with E-state index in [1.54, 1.807) is 0 Å². The molecule has 0 saturated heterocycles. The van der Waals surface area contributed by atoms with E-state index in [1.165, 1.54) is 22.4 Å². The van der Waals surface area contributed by atoms with Crippen LogP contribution in [0.25, 0.3) is 11.1 Å². The number of hydrogen-bond donors (Lipinski definition) is 1. The van der Waals surface area contributed by atoms with Crippen LogP contribution in [0.4, 0.5) is 5.69 Å². The predicted molar refractivity (Wildman–Crippen MR) is 97.6 cm³/mol. The van der Waals surface area contributed by atoms with Gasteiger partial charge in [0.15, 0.2) is 0 Å². The summed E-state index contributed by atoms with van der Waals surface area (Å²) in [6.45, 7) is 4.53. The molecule has 1 atom stereocenters. The molecular formula is C20H28N2. The molecule has 0 radical (unpaired) electrons. The van der Waals surface area contributed by atoms with E-state index >= 15 is 0 Å². The van der Waals surface area contributed by atoms with Gasteiger partial charge in [-0.25, -0.2) is 0 Å². The molecule has 0 aliphatic heterocycles. The van der Waals surface area contributed by atoms with Crippen molar-refractivity contribution in [1.29, 1.82) is 0 Å². The first-order valence-corrected chi connectivity index (χ1v) is 8.06. The molecule has 22 heavy (non-hydrogen) atoms. The van der Waals surface area contributed by atoms with Crippen LogP contribution in [0.15, 0.2) is 48.5 Å². The first kappa shape index (κ1) is 16.6. The van der Waals surface area contributed by atoms with Gasteiger partial charge in [-0.15, -0.1) is 0 Å². The Morgan fingerprint density at radius 1 is 0.955 bits per heavy atom. The van der Waals surface area contributed by atoms with Gasteiger partial charge in [0.2, 0.25) is 0 Å². The first-order chi connectivity index (χ1) is 10.5. The summed E-state index contributed by atoms with van der Waals surface area (Å²) in [5.74, 6) is 0.638. The van der Waals surface area contributed by atoms with Crippen LogP contribution in [0, 0.1) is 5.92 Å². The average molecular weight is 296 g/mol. The molecule has 0 amide bonds. The van der Waals surface area contributed by atoms with Crippen molar-refractivity contribution in [3.05, 3.63) is 54.1 Å². The zero-order valence-corrected chi connectivity index (χ0v) is 14.4. The minimum Gasteiger partial charge on any atom is -0.377 e. The molecule has 0 aliphatic carbocycles. The van der Waals surface area contributed by atoms with Gasteiger partial charge in [0.25, 0.3) is 0 Å². The topological polar surface area (TPSA) is 15.3 Å². The Bertz CT molecular complexity index is 585. The van der Waals surface area contributed by atoms with E-state index in [0.29, 0.717) is 12.0 Å². The van der Waals surface area contributed by atoms with E-state index in [-0.39, 0.29) is 0 Å². The molecule has 1 unspecified atom stereocenters. The van der Waals surface area contributed by atoms with Crippen LogP contribution in [0.1, 0.15) is 19.4 Å². The minimum absolute atomic E-state index is 0.528. The first-order valence-electron chi connectivity index (χ1n) is 8.06. The summed E-state index contributed by atoms with van der Waals surface area (Å²) >= 11 is 0. The lowest BCUT2D eigenvalue weighted by Crippen LogP contribution is -2.32. The van der Waals surface area contributed by atoms with Crippen LogP contribution >= 0.6 is 0 Å². The van der Waals surface area contributed by atoms with Crippen molar-refractivity contribution in [3.8, 4) is 11.1 Å². The molecular weight excluding hydrogens is 268 g/mol. The molecule has 2 aromatic carbocycles. The fourth-order valence-corrected chi connectivity index (χ4v) is 2.85. The number of para-hydroxylation sites is 1. The summed E-state index contributed by atoms with van der Waals surface area (Å²) in [6.07, 6.45) is 1.07. The molecule has 0 heterocycles. The maximum absolute atomic E-state index is 3.41. The predicted octanol–water partition coefficient (Wildman–Crippen LogP) is 4.21. The highest BCUT2D eigenvalue weighted by Crippen LogP contribution is 2.29. The Morgan fingerprint density at radius 2 is 1.59 bits per heavy atom. The number of benzene rings is 2. The van der Waals surface area contributed by atoms with E-state index in [2.05, 4.69) is 86.7 Å². The SMILES string of the molecule is CNC(Cc1ccc(-c2ccccc2N(C)C)cc1)C(C)C. The summed E-state index contributed by atoms with van der Waals surface area (Å²) in [5.41, 5.74) is 5.20. The number of anilines is 1. The van der Waals surface area contributed by atoms with Gasteiger partial charge in [-0.1, -0.05) is 56.3 Å². The van der Waals surface area contributed by atoms with Gasteiger partial charge in [0.05, 0.1) is 0 Å². The van der Waals surface area contributed by atoms with Crippen molar-refractivity contribution in [3.63, 3.8) is 0 Å². The van der Waals surface area contributed by atoms with Gasteiger partial charge in [-0.3, -0.25) is 0 Å². The quantitative estimate of drug-likeness (QED) is 0.859. The molecule has 2 rings (SSSR count). The standard InChI is InChI=1S/C20H28N2/c1-15(2)19(21-3)14-16-10-12-17(13-11-16)18-8-6-7-9-20(18)22(4)5/h6-13,15,19,21H,14H2,1-5H3. The summed E-state index contributed by atoms with van der Waals surface area (Å²) < 4.78 is 0. The minimum atomic E-state index is 0.528. The number of nitrogens with one attached hydrogen (secondary N) is 1. The number of rotatable bonds is 6. The summed E-state index contributed by atoms with van der Waals surface area (Å²) in [4.78, 5) is 2.17. The highest BCUT2D eigenvalue weighted by molar-refractivity contribution is 5.78. The van der Waals surface area contributed by atoms with Crippen molar-refractivity contribution in [2.24, 2.45) is 5.92 Å². The third-order valence-electron chi connectivity index (χ3n) is 4.28. The maximum Gasteiger partial charge on any atom is 0.0440 e. The summed E-state index contributed by atoms with van der Waals surface area (Å²) in [7, 11) is 6.23. The average Bonchev–Trinajstić information content (AvgIpc) is 2.52. The largest absolute Gasteiger partial charge is 0.377 e. The monoisotopic (exact) mass is 296 g/mol. The summed E-state index contributed by atoms with van der Waals surface area (Å²) in [6, 6.07) is 18.1. The Kier molecular flexibility index (Phi) is 5.62. The molecule has 2 aromatic rings. The molecule has 0 fully saturated rings. The van der Waals surface area contributed by atoms with Crippen molar-refractivity contribution in [2.45, 2.75) is 26.3 Å². The van der Waals surface area contributed by atoms with Crippen LogP contribution in [-0.2, 0) is 6.42 Å². The van der Waals surface area contributed by atoms with Crippen molar-refractivity contribution < 1.29 is 0 Å². The van der Waals surface area contributed by atoms with Crippen molar-refractivity contribution >= 4 is 5.69 Å². The molecule has 0 aromatic heterocycles. The molecule has 0 saturated carbocycles. The van der Waals surface area contributed by atoms with E-state index < -0.39 is 0 Å². The smallest absolute Gasteiger partial charge is 0.0440 e. The Morgan fingerprint density at radius 3 is 2.14 bits per heavy atom. The normalized spacial score (nSPS) is 12.5. The highest BCUT2D eigenvalue weighted by Gasteiger charge is 2.12. The fraction of sp³-hybridized carbons (Fsp3) is 0.400. The fourth-order valence-electron chi connectivity index (χ4n) is 2.85. The Hall–Kier alpha value is -1.80. The number of hydrogen-bond acceptors (Lipinski definition) is 2. The van der Waals surface area contributed by atoms with Crippen molar-refractivity contribution in [2.75, 3.05) is 26.0 Å². The van der Waals surface area contributed by atoms with Crippen molar-refractivity contribution in [1.82, 2.24) is 5.32 Å². The molecule has 118 valence electrons. The zero-order valence-electron chi connectivity index (χ0n) is 14.4. The lowest BCUT2D eigenvalue weighted by atomic mass is 9.95. The molecule has 0 aliphatic rings. The molecule has 1 N–H and O–H groups in total. The van der Waals surface area contributed by atoms with Gasteiger partial charge in [-0.05, 0) is 36.6 Å². The second-order valence-electron chi connectivity index (χ2n) is 6.45. The number of nitrogens with zero attached hydrogens (tertiary/aromatic N) is 1. The molecule has 0 bridgehead atoms. The lowest BCUT2D eigenvalue weighted by Gasteiger charge is -2.21. The van der Waals surface area contributed by atoms with Gasteiger partial charge in [0, 0.05) is 31.4 Å². The second kappa shape index (κ2) is 7.46. The maximum atomic E-state index is 3.41. The third kappa shape index (κ3) is 3.89. The lowest BCUT2D eigenvalue weighted by molar-refractivity contribution is 0.424.